The zero-order valence-electron chi connectivity index (χ0n) is 13.0. The van der Waals surface area contributed by atoms with Gasteiger partial charge in [-0.1, -0.05) is 29.3 Å². The third kappa shape index (κ3) is 4.91. The Morgan fingerprint density at radius 1 is 1.32 bits per heavy atom. The van der Waals surface area contributed by atoms with E-state index in [4.69, 9.17) is 27.9 Å². The molecule has 0 fully saturated rings. The van der Waals surface area contributed by atoms with Crippen molar-refractivity contribution in [1.29, 1.82) is 0 Å². The first kappa shape index (κ1) is 18.7. The predicted octanol–water partition coefficient (Wildman–Crippen LogP) is 4.06. The fraction of sp³-hybridized carbons (Fsp3) is 0.125. The monoisotopic (exact) mass is 381 g/mol. The number of carbonyl (C=O) groups is 1. The Labute approximate surface area is 153 Å². The van der Waals surface area contributed by atoms with E-state index in [9.17, 15) is 14.9 Å². The molecule has 0 radical (unpaired) electrons. The van der Waals surface area contributed by atoms with Gasteiger partial charge < -0.3 is 4.74 Å². The van der Waals surface area contributed by atoms with Crippen molar-refractivity contribution in [3.8, 4) is 5.75 Å². The molecule has 25 heavy (non-hydrogen) atoms. The fourth-order valence-electron chi connectivity index (χ4n) is 1.93. The summed E-state index contributed by atoms with van der Waals surface area (Å²) in [6.45, 7) is 2.23. The normalized spacial score (nSPS) is 10.7. The van der Waals surface area contributed by atoms with Gasteiger partial charge in [0.1, 0.15) is 0 Å². The highest BCUT2D eigenvalue weighted by atomic mass is 35.5. The largest absolute Gasteiger partial charge is 0.491 e. The number of halogens is 2. The molecule has 0 aliphatic heterocycles. The van der Waals surface area contributed by atoms with Crippen LogP contribution in [0.3, 0.4) is 0 Å². The molecule has 0 saturated heterocycles. The van der Waals surface area contributed by atoms with Gasteiger partial charge in [-0.2, -0.15) is 5.10 Å². The van der Waals surface area contributed by atoms with Crippen LogP contribution in [0, 0.1) is 10.1 Å². The molecule has 0 bridgehead atoms. The van der Waals surface area contributed by atoms with Crippen molar-refractivity contribution < 1.29 is 14.5 Å². The topological polar surface area (TPSA) is 93.8 Å². The molecule has 0 spiro atoms. The molecular weight excluding hydrogens is 369 g/mol. The average molecular weight is 382 g/mol. The van der Waals surface area contributed by atoms with E-state index < -0.39 is 10.8 Å². The van der Waals surface area contributed by atoms with Gasteiger partial charge >= 0.3 is 0 Å². The van der Waals surface area contributed by atoms with Crippen LogP contribution in [0.5, 0.6) is 5.75 Å². The zero-order chi connectivity index (χ0) is 18.4. The van der Waals surface area contributed by atoms with Crippen LogP contribution in [-0.4, -0.2) is 23.7 Å². The van der Waals surface area contributed by atoms with Gasteiger partial charge in [0.05, 0.1) is 27.8 Å². The Morgan fingerprint density at radius 2 is 2.00 bits per heavy atom. The summed E-state index contributed by atoms with van der Waals surface area (Å²) >= 11 is 12.2. The highest BCUT2D eigenvalue weighted by molar-refractivity contribution is 6.37. The van der Waals surface area contributed by atoms with E-state index in [1.54, 1.807) is 12.1 Å². The molecule has 1 N–H and O–H groups in total. The van der Waals surface area contributed by atoms with Crippen molar-refractivity contribution in [3.63, 3.8) is 0 Å². The molecule has 9 heteroatoms. The maximum Gasteiger partial charge on any atom is 0.271 e. The van der Waals surface area contributed by atoms with Crippen molar-refractivity contribution in [2.24, 2.45) is 5.10 Å². The number of amides is 1. The van der Waals surface area contributed by atoms with E-state index in [2.05, 4.69) is 10.5 Å². The van der Waals surface area contributed by atoms with E-state index in [0.717, 1.165) is 6.07 Å². The number of ether oxygens (including phenoxy) is 1. The lowest BCUT2D eigenvalue weighted by Gasteiger charge is -2.08. The van der Waals surface area contributed by atoms with Gasteiger partial charge in [0.15, 0.2) is 5.75 Å². The summed E-state index contributed by atoms with van der Waals surface area (Å²) in [5.74, 6) is -0.202. The number of benzene rings is 2. The summed E-state index contributed by atoms with van der Waals surface area (Å²) in [5.41, 5.74) is 2.78. The summed E-state index contributed by atoms with van der Waals surface area (Å²) in [4.78, 5) is 22.1. The first-order chi connectivity index (χ1) is 11.9. The van der Waals surface area contributed by atoms with Crippen molar-refractivity contribution >= 4 is 41.0 Å². The standard InChI is InChI=1S/C16H13Cl2N3O4/c1-2-25-15-13(17)6-10(7-14(15)18)9-19-20-16(22)11-4-3-5-12(8-11)21(23)24/h3-9H,2H2,1H3,(H,20,22)/b19-9+. The minimum absolute atomic E-state index is 0.120. The van der Waals surface area contributed by atoms with Gasteiger partial charge in [0.25, 0.3) is 11.6 Å². The van der Waals surface area contributed by atoms with Gasteiger partial charge in [0, 0.05) is 17.7 Å². The number of hydrazone groups is 1. The first-order valence-electron chi connectivity index (χ1n) is 7.12. The smallest absolute Gasteiger partial charge is 0.271 e. The first-order valence-corrected chi connectivity index (χ1v) is 7.87. The maximum absolute atomic E-state index is 12.0. The second kappa shape index (κ2) is 8.46. The van der Waals surface area contributed by atoms with Crippen molar-refractivity contribution in [2.45, 2.75) is 6.92 Å². The number of nitrogens with one attached hydrogen (secondary N) is 1. The van der Waals surface area contributed by atoms with Crippen molar-refractivity contribution in [3.05, 3.63) is 67.7 Å². The zero-order valence-corrected chi connectivity index (χ0v) is 14.5. The summed E-state index contributed by atoms with van der Waals surface area (Å²) < 4.78 is 5.32. The van der Waals surface area contributed by atoms with Crippen LogP contribution in [0.4, 0.5) is 5.69 Å². The molecule has 2 rings (SSSR count). The van der Waals surface area contributed by atoms with E-state index >= 15 is 0 Å². The molecule has 0 unspecified atom stereocenters. The number of nitro benzene ring substituents is 1. The van der Waals surface area contributed by atoms with Gasteiger partial charge in [-0.25, -0.2) is 5.43 Å². The van der Waals surface area contributed by atoms with Crippen LogP contribution in [-0.2, 0) is 0 Å². The number of hydrogen-bond donors (Lipinski definition) is 1. The maximum atomic E-state index is 12.0. The van der Waals surface area contributed by atoms with Crippen molar-refractivity contribution in [1.82, 2.24) is 5.43 Å². The molecule has 0 atom stereocenters. The highest BCUT2D eigenvalue weighted by Crippen LogP contribution is 2.33. The number of nitrogens with zero attached hydrogens (tertiary/aromatic N) is 2. The fourth-order valence-corrected chi connectivity index (χ4v) is 2.54. The summed E-state index contributed by atoms with van der Waals surface area (Å²) in [6, 6.07) is 8.49. The molecule has 2 aromatic rings. The molecule has 0 aliphatic rings. The third-order valence-corrected chi connectivity index (χ3v) is 3.57. The van der Waals surface area contributed by atoms with Gasteiger partial charge in [-0.05, 0) is 30.7 Å². The summed E-state index contributed by atoms with van der Waals surface area (Å²) in [7, 11) is 0. The SMILES string of the molecule is CCOc1c(Cl)cc(/C=N/NC(=O)c2cccc([N+](=O)[O-])c2)cc1Cl. The molecular formula is C16H13Cl2N3O4. The number of hydrogen-bond acceptors (Lipinski definition) is 5. The van der Waals surface area contributed by atoms with Crippen LogP contribution in [0.2, 0.25) is 10.0 Å². The van der Waals surface area contributed by atoms with Crippen LogP contribution < -0.4 is 10.2 Å². The Hall–Kier alpha value is -2.64. The van der Waals surface area contributed by atoms with Gasteiger partial charge in [-0.3, -0.25) is 14.9 Å². The Morgan fingerprint density at radius 3 is 2.60 bits per heavy atom. The molecule has 130 valence electrons. The minimum atomic E-state index is -0.580. The van der Waals surface area contributed by atoms with Crippen LogP contribution in [0.1, 0.15) is 22.8 Å². The number of nitro groups is 1. The van der Waals surface area contributed by atoms with Gasteiger partial charge in [0.2, 0.25) is 0 Å². The molecule has 1 amide bonds. The van der Waals surface area contributed by atoms with Crippen LogP contribution >= 0.6 is 23.2 Å². The lowest BCUT2D eigenvalue weighted by atomic mass is 10.2. The van der Waals surface area contributed by atoms with Crippen LogP contribution in [0.25, 0.3) is 0 Å². The van der Waals surface area contributed by atoms with E-state index in [-0.39, 0.29) is 11.3 Å². The third-order valence-electron chi connectivity index (χ3n) is 3.01. The van der Waals surface area contributed by atoms with Crippen LogP contribution in [0.15, 0.2) is 41.5 Å². The molecule has 0 heterocycles. The summed E-state index contributed by atoms with van der Waals surface area (Å²) in [6.07, 6.45) is 1.35. The predicted molar refractivity (Wildman–Crippen MR) is 95.8 cm³/mol. The highest BCUT2D eigenvalue weighted by Gasteiger charge is 2.11. The second-order valence-corrected chi connectivity index (χ2v) is 5.57. The number of non-ortho nitro benzene ring substituents is 1. The van der Waals surface area contributed by atoms with E-state index in [0.29, 0.717) is 28.0 Å². The quantitative estimate of drug-likeness (QED) is 0.463. The van der Waals surface area contributed by atoms with E-state index in [1.807, 2.05) is 6.92 Å². The molecule has 0 aliphatic carbocycles. The molecule has 0 aromatic heterocycles. The molecule has 0 saturated carbocycles. The van der Waals surface area contributed by atoms with Crippen molar-refractivity contribution in [2.75, 3.05) is 6.61 Å². The Bertz CT molecular complexity index is 817. The molecule has 2 aromatic carbocycles. The Balaban J connectivity index is 2.09. The van der Waals surface area contributed by atoms with Gasteiger partial charge in [-0.15, -0.1) is 0 Å². The number of rotatable bonds is 6. The lowest BCUT2D eigenvalue weighted by Crippen LogP contribution is -2.17. The minimum Gasteiger partial charge on any atom is -0.491 e. The second-order valence-electron chi connectivity index (χ2n) is 4.75. The number of carbonyl (C=O) groups excluding carboxylic acids is 1. The molecule has 7 nitrogen and oxygen atoms in total. The summed E-state index contributed by atoms with van der Waals surface area (Å²) in [5, 5.41) is 15.2. The Kier molecular flexibility index (Phi) is 6.32. The van der Waals surface area contributed by atoms with E-state index in [1.165, 1.54) is 24.4 Å². The average Bonchev–Trinajstić information content (AvgIpc) is 2.58. The lowest BCUT2D eigenvalue weighted by molar-refractivity contribution is -0.384.